The quantitative estimate of drug-likeness (QED) is 0.916. The minimum absolute atomic E-state index is 0.209. The van der Waals surface area contributed by atoms with Gasteiger partial charge in [-0.25, -0.2) is 4.98 Å². The van der Waals surface area contributed by atoms with E-state index in [1.54, 1.807) is 0 Å². The molecule has 1 aliphatic rings. The fourth-order valence-electron chi connectivity index (χ4n) is 2.89. The molecule has 3 nitrogen and oxygen atoms in total. The Labute approximate surface area is 113 Å². The molecule has 0 aliphatic carbocycles. The van der Waals surface area contributed by atoms with Crippen LogP contribution in [0.3, 0.4) is 0 Å². The van der Waals surface area contributed by atoms with Crippen LogP contribution in [0.25, 0.3) is 0 Å². The third-order valence-electron chi connectivity index (χ3n) is 4.03. The lowest BCUT2D eigenvalue weighted by Crippen LogP contribution is -2.18. The minimum atomic E-state index is 0.209. The van der Waals surface area contributed by atoms with E-state index in [0.29, 0.717) is 0 Å². The summed E-state index contributed by atoms with van der Waals surface area (Å²) in [4.78, 5) is 4.74. The number of hydrogen-bond donors (Lipinski definition) is 1. The van der Waals surface area contributed by atoms with Crippen LogP contribution in [0.5, 0.6) is 0 Å². The summed E-state index contributed by atoms with van der Waals surface area (Å²) in [5, 5.41) is 9.43. The Hall–Kier alpha value is -1.61. The Kier molecular flexibility index (Phi) is 3.38. The monoisotopic (exact) mass is 256 g/mol. The summed E-state index contributed by atoms with van der Waals surface area (Å²) in [6.07, 6.45) is 5.23. The maximum absolute atomic E-state index is 9.43. The summed E-state index contributed by atoms with van der Waals surface area (Å²) in [7, 11) is 0. The van der Waals surface area contributed by atoms with Gasteiger partial charge >= 0.3 is 0 Å². The van der Waals surface area contributed by atoms with Crippen LogP contribution in [-0.4, -0.2) is 21.3 Å². The van der Waals surface area contributed by atoms with E-state index in [1.165, 1.54) is 11.1 Å². The van der Waals surface area contributed by atoms with Gasteiger partial charge in [-0.15, -0.1) is 0 Å². The summed E-state index contributed by atoms with van der Waals surface area (Å²) < 4.78 is 2.22. The largest absolute Gasteiger partial charge is 0.396 e. The first-order valence-electron chi connectivity index (χ1n) is 6.99. The Morgan fingerprint density at radius 2 is 2.21 bits per heavy atom. The summed E-state index contributed by atoms with van der Waals surface area (Å²) >= 11 is 0. The number of rotatable bonds is 3. The highest BCUT2D eigenvalue weighted by Crippen LogP contribution is 2.27. The Bertz CT molecular complexity index is 574. The normalized spacial score (nSPS) is 18.3. The number of hydrogen-bond acceptors (Lipinski definition) is 2. The van der Waals surface area contributed by atoms with Crippen LogP contribution in [0, 0.1) is 6.92 Å². The molecule has 0 radical (unpaired) electrons. The molecule has 2 heterocycles. The number of imidazole rings is 1. The lowest BCUT2D eigenvalue weighted by Gasteiger charge is -2.21. The van der Waals surface area contributed by atoms with Crippen LogP contribution in [0.2, 0.25) is 0 Å². The molecule has 0 saturated carbocycles. The zero-order chi connectivity index (χ0) is 13.2. The van der Waals surface area contributed by atoms with Crippen LogP contribution in [0.4, 0.5) is 0 Å². The van der Waals surface area contributed by atoms with E-state index in [-0.39, 0.29) is 12.5 Å². The fraction of sp³-hybridized carbons (Fsp3) is 0.438. The molecule has 1 N–H and O–H groups in total. The molecule has 1 aromatic carbocycles. The molecule has 1 unspecified atom stereocenters. The number of aryl methyl sites for hydroxylation is 2. The molecule has 1 atom stereocenters. The first-order chi connectivity index (χ1) is 9.28. The Morgan fingerprint density at radius 1 is 1.37 bits per heavy atom. The van der Waals surface area contributed by atoms with Gasteiger partial charge in [0.2, 0.25) is 0 Å². The van der Waals surface area contributed by atoms with Crippen LogP contribution in [0.1, 0.15) is 41.4 Å². The van der Waals surface area contributed by atoms with Crippen molar-refractivity contribution in [3.05, 3.63) is 53.1 Å². The van der Waals surface area contributed by atoms with E-state index in [2.05, 4.69) is 42.0 Å². The molecule has 0 amide bonds. The second-order valence-electron chi connectivity index (χ2n) is 5.41. The molecular weight excluding hydrogens is 236 g/mol. The predicted molar refractivity (Wildman–Crippen MR) is 75.3 cm³/mol. The van der Waals surface area contributed by atoms with Crippen molar-refractivity contribution >= 4 is 0 Å². The molecule has 0 bridgehead atoms. The van der Waals surface area contributed by atoms with Gasteiger partial charge in [0.1, 0.15) is 5.82 Å². The van der Waals surface area contributed by atoms with Crippen molar-refractivity contribution < 1.29 is 5.11 Å². The molecule has 0 spiro atoms. The van der Waals surface area contributed by atoms with Gasteiger partial charge in [-0.1, -0.05) is 24.3 Å². The zero-order valence-corrected chi connectivity index (χ0v) is 11.3. The van der Waals surface area contributed by atoms with Crippen LogP contribution < -0.4 is 0 Å². The van der Waals surface area contributed by atoms with Gasteiger partial charge in [-0.3, -0.25) is 0 Å². The highest BCUT2D eigenvalue weighted by atomic mass is 16.3. The van der Waals surface area contributed by atoms with Crippen molar-refractivity contribution in [2.75, 3.05) is 6.61 Å². The van der Waals surface area contributed by atoms with Gasteiger partial charge in [0.25, 0.3) is 0 Å². The highest BCUT2D eigenvalue weighted by molar-refractivity contribution is 5.29. The van der Waals surface area contributed by atoms with E-state index in [9.17, 15) is 5.11 Å². The number of aliphatic hydroxyl groups excluding tert-OH is 1. The highest BCUT2D eigenvalue weighted by Gasteiger charge is 2.22. The van der Waals surface area contributed by atoms with Crippen molar-refractivity contribution in [3.63, 3.8) is 0 Å². The topological polar surface area (TPSA) is 38.0 Å². The second kappa shape index (κ2) is 5.17. The van der Waals surface area contributed by atoms with Crippen LogP contribution >= 0.6 is 0 Å². The lowest BCUT2D eigenvalue weighted by molar-refractivity contribution is 0.238. The number of fused-ring (bicyclic) bond motifs is 1. The second-order valence-corrected chi connectivity index (χ2v) is 5.41. The first kappa shape index (κ1) is 12.4. The van der Waals surface area contributed by atoms with Gasteiger partial charge in [-0.05, 0) is 30.9 Å². The Morgan fingerprint density at radius 3 is 3.00 bits per heavy atom. The van der Waals surface area contributed by atoms with Crippen molar-refractivity contribution in [2.24, 2.45) is 0 Å². The SMILES string of the molecule is Cc1ccccc1Cc1cn2c(n1)C(CO)CCC2. The smallest absolute Gasteiger partial charge is 0.114 e. The summed E-state index contributed by atoms with van der Waals surface area (Å²) in [6, 6.07) is 8.45. The van der Waals surface area contributed by atoms with Crippen molar-refractivity contribution in [2.45, 2.75) is 38.6 Å². The predicted octanol–water partition coefficient (Wildman–Crippen LogP) is 2.65. The molecule has 3 rings (SSSR count). The Balaban J connectivity index is 1.87. The maximum Gasteiger partial charge on any atom is 0.114 e. The van der Waals surface area contributed by atoms with E-state index in [1.807, 2.05) is 0 Å². The molecule has 0 saturated heterocycles. The number of aliphatic hydroxyl groups is 1. The number of nitrogens with zero attached hydrogens (tertiary/aromatic N) is 2. The van der Waals surface area contributed by atoms with Crippen molar-refractivity contribution in [1.29, 1.82) is 0 Å². The van der Waals surface area contributed by atoms with E-state index in [4.69, 9.17) is 4.98 Å². The third-order valence-corrected chi connectivity index (χ3v) is 4.03. The minimum Gasteiger partial charge on any atom is -0.396 e. The average molecular weight is 256 g/mol. The van der Waals surface area contributed by atoms with E-state index in [0.717, 1.165) is 37.3 Å². The molecular formula is C16H20N2O. The molecule has 1 aromatic heterocycles. The zero-order valence-electron chi connectivity index (χ0n) is 11.3. The van der Waals surface area contributed by atoms with Crippen molar-refractivity contribution in [3.8, 4) is 0 Å². The van der Waals surface area contributed by atoms with E-state index >= 15 is 0 Å². The molecule has 0 fully saturated rings. The van der Waals surface area contributed by atoms with Gasteiger partial charge in [-0.2, -0.15) is 0 Å². The molecule has 3 heteroatoms. The number of benzene rings is 1. The summed E-state index contributed by atoms with van der Waals surface area (Å²) in [5.74, 6) is 1.29. The fourth-order valence-corrected chi connectivity index (χ4v) is 2.89. The molecule has 100 valence electrons. The average Bonchev–Trinajstić information content (AvgIpc) is 2.83. The maximum atomic E-state index is 9.43. The van der Waals surface area contributed by atoms with E-state index < -0.39 is 0 Å². The van der Waals surface area contributed by atoms with Gasteiger partial charge < -0.3 is 9.67 Å². The van der Waals surface area contributed by atoms with Crippen LogP contribution in [-0.2, 0) is 13.0 Å². The van der Waals surface area contributed by atoms with Crippen molar-refractivity contribution in [1.82, 2.24) is 9.55 Å². The van der Waals surface area contributed by atoms with Gasteiger partial charge in [0.15, 0.2) is 0 Å². The molecule has 19 heavy (non-hydrogen) atoms. The molecule has 2 aromatic rings. The van der Waals surface area contributed by atoms with Gasteiger partial charge in [0, 0.05) is 25.1 Å². The standard InChI is InChI=1S/C16H20N2O/c1-12-5-2-3-6-13(12)9-15-10-18-8-4-7-14(11-19)16(18)17-15/h2-3,5-6,10,14,19H,4,7-9,11H2,1H3. The lowest BCUT2D eigenvalue weighted by atomic mass is 10.0. The third kappa shape index (κ3) is 2.43. The number of aromatic nitrogens is 2. The van der Waals surface area contributed by atoms with Crippen LogP contribution in [0.15, 0.2) is 30.5 Å². The van der Waals surface area contributed by atoms with Gasteiger partial charge in [0.05, 0.1) is 12.3 Å². The summed E-state index contributed by atoms with van der Waals surface area (Å²) in [5.41, 5.74) is 3.76. The first-order valence-corrected chi connectivity index (χ1v) is 6.99. The molecule has 1 aliphatic heterocycles. The summed E-state index contributed by atoms with van der Waals surface area (Å²) in [6.45, 7) is 3.38.